The maximum absolute atomic E-state index is 11.0. The van der Waals surface area contributed by atoms with Crippen molar-refractivity contribution in [1.29, 1.82) is 0 Å². The molecule has 0 rings (SSSR count). The van der Waals surface area contributed by atoms with Gasteiger partial charge in [0.15, 0.2) is 11.6 Å². The molecular formula is C16H20NiO10-4. The van der Waals surface area contributed by atoms with Crippen LogP contribution in [0.4, 0.5) is 0 Å². The Morgan fingerprint density at radius 3 is 0.778 bits per heavy atom. The zero-order chi connectivity index (χ0) is 21.3. The molecule has 0 N–H and O–H groups in total. The molecule has 0 bridgehead atoms. The van der Waals surface area contributed by atoms with Gasteiger partial charge in [0.05, 0.1) is 22.8 Å². The Morgan fingerprint density at radius 1 is 0.556 bits per heavy atom. The average molecular weight is 431 g/mol. The van der Waals surface area contributed by atoms with Gasteiger partial charge in [0, 0.05) is 16.5 Å². The summed E-state index contributed by atoms with van der Waals surface area (Å²) in [5, 5.41) is 41.6. The van der Waals surface area contributed by atoms with Gasteiger partial charge in [-0.2, -0.15) is 0 Å². The molecule has 0 saturated carbocycles. The smallest absolute Gasteiger partial charge is 0.189 e. The van der Waals surface area contributed by atoms with Gasteiger partial charge in [0.1, 0.15) is 11.9 Å². The average Bonchev–Trinajstić information content (AvgIpc) is 2.57. The Hall–Kier alpha value is -2.29. The van der Waals surface area contributed by atoms with E-state index in [0.29, 0.717) is 0 Å². The molecule has 0 aromatic rings. The maximum atomic E-state index is 11.0. The summed E-state index contributed by atoms with van der Waals surface area (Å²) in [6, 6.07) is 0. The van der Waals surface area contributed by atoms with E-state index in [1.165, 1.54) is 27.7 Å². The van der Waals surface area contributed by atoms with Gasteiger partial charge in [-0.15, -0.1) is 0 Å². The van der Waals surface area contributed by atoms with Crippen molar-refractivity contribution in [3.05, 3.63) is 0 Å². The first-order valence-corrected chi connectivity index (χ1v) is 7.78. The number of Topliss-reactive ketones (excluding diaryl/α,β-unsaturated/α-hetero) is 2. The molecule has 10 nitrogen and oxygen atoms in total. The largest absolute Gasteiger partial charge is 0.549 e. The second-order valence-corrected chi connectivity index (χ2v) is 5.39. The van der Waals surface area contributed by atoms with Crippen molar-refractivity contribution in [2.45, 2.75) is 53.4 Å². The summed E-state index contributed by atoms with van der Waals surface area (Å²) in [7, 11) is 0. The number of carbonyl (C=O) groups is 6. The summed E-state index contributed by atoms with van der Waals surface area (Å²) in [4.78, 5) is 63.6. The summed E-state index contributed by atoms with van der Waals surface area (Å²) in [5.74, 6) is -10.1. The molecular weight excluding hydrogens is 411 g/mol. The molecule has 0 aliphatic rings. The Morgan fingerprint density at radius 2 is 0.741 bits per heavy atom. The van der Waals surface area contributed by atoms with Crippen LogP contribution in [0.2, 0.25) is 0 Å². The van der Waals surface area contributed by atoms with Gasteiger partial charge in [-0.1, -0.05) is 27.7 Å². The summed E-state index contributed by atoms with van der Waals surface area (Å²) in [6.45, 7) is 5.67. The second-order valence-electron chi connectivity index (χ2n) is 5.39. The third-order valence-electron chi connectivity index (χ3n) is 4.44. The minimum Gasteiger partial charge on any atom is -0.549 e. The van der Waals surface area contributed by atoms with Crippen LogP contribution >= 0.6 is 0 Å². The topological polar surface area (TPSA) is 195 Å². The number of aliphatic carboxylic acids is 4. The quantitative estimate of drug-likeness (QED) is 0.186. The zero-order valence-corrected chi connectivity index (χ0v) is 16.2. The second kappa shape index (κ2) is 12.2. The van der Waals surface area contributed by atoms with E-state index in [1.54, 1.807) is 0 Å². The van der Waals surface area contributed by atoms with Crippen molar-refractivity contribution in [1.82, 2.24) is 0 Å². The Bertz CT molecular complexity index is 536. The normalized spacial score (nSPS) is 10.5. The fourth-order valence-corrected chi connectivity index (χ4v) is 2.30. The van der Waals surface area contributed by atoms with Crippen molar-refractivity contribution >= 4 is 35.4 Å². The molecule has 0 aromatic carbocycles. The molecule has 0 saturated heterocycles. The number of carbonyl (C=O) groups excluding carboxylic acids is 6. The summed E-state index contributed by atoms with van der Waals surface area (Å²) < 4.78 is 0. The number of rotatable bonds is 10. The fraction of sp³-hybridized carbons (Fsp3) is 0.625. The van der Waals surface area contributed by atoms with Crippen molar-refractivity contribution in [2.24, 2.45) is 10.8 Å². The molecule has 0 aliphatic carbocycles. The van der Waals surface area contributed by atoms with E-state index in [4.69, 9.17) is 0 Å². The van der Waals surface area contributed by atoms with Gasteiger partial charge in [-0.05, 0) is 25.7 Å². The first-order chi connectivity index (χ1) is 11.8. The molecule has 158 valence electrons. The van der Waals surface area contributed by atoms with Gasteiger partial charge in [-0.25, -0.2) is 0 Å². The first kappa shape index (κ1) is 29.5. The molecule has 0 spiro atoms. The van der Waals surface area contributed by atoms with Crippen LogP contribution in [0.1, 0.15) is 53.4 Å². The summed E-state index contributed by atoms with van der Waals surface area (Å²) in [5.41, 5.74) is -3.86. The Kier molecular flexibility index (Phi) is 13.3. The summed E-state index contributed by atoms with van der Waals surface area (Å²) in [6.07, 6.45) is -0.450. The number of hydrogen-bond donors (Lipinski definition) is 0. The first-order valence-electron chi connectivity index (χ1n) is 7.78. The van der Waals surface area contributed by atoms with Crippen LogP contribution < -0.4 is 20.4 Å². The SMILES string of the molecule is CCC(CC)(C(=O)[O-])C(=O)C(=O)[O-].CCC(CC)(C(=O)[O-])C(=O)C(=O)[O-].[Ni]. The van der Waals surface area contributed by atoms with E-state index >= 15 is 0 Å². The van der Waals surface area contributed by atoms with E-state index < -0.39 is 46.3 Å². The molecule has 11 heteroatoms. The van der Waals surface area contributed by atoms with Crippen LogP contribution in [0.25, 0.3) is 0 Å². The molecule has 0 atom stereocenters. The Balaban J connectivity index is -0.000000411. The van der Waals surface area contributed by atoms with Crippen molar-refractivity contribution in [3.63, 3.8) is 0 Å². The molecule has 27 heavy (non-hydrogen) atoms. The van der Waals surface area contributed by atoms with E-state index in [-0.39, 0.29) is 42.2 Å². The van der Waals surface area contributed by atoms with Crippen LogP contribution in [0.15, 0.2) is 0 Å². The van der Waals surface area contributed by atoms with Crippen LogP contribution in [-0.4, -0.2) is 35.4 Å². The zero-order valence-electron chi connectivity index (χ0n) is 15.2. The third kappa shape index (κ3) is 6.43. The molecule has 0 fully saturated rings. The van der Waals surface area contributed by atoms with Crippen molar-refractivity contribution < 1.29 is 65.7 Å². The Labute approximate surface area is 165 Å². The van der Waals surface area contributed by atoms with Gasteiger partial charge < -0.3 is 39.6 Å². The fourth-order valence-electron chi connectivity index (χ4n) is 2.30. The van der Waals surface area contributed by atoms with E-state index in [9.17, 15) is 49.2 Å². The predicted molar refractivity (Wildman–Crippen MR) is 76.1 cm³/mol. The minimum atomic E-state index is -1.98. The van der Waals surface area contributed by atoms with E-state index in [2.05, 4.69) is 0 Å². The molecule has 0 aromatic heterocycles. The number of carboxylic acids is 4. The van der Waals surface area contributed by atoms with Crippen LogP contribution in [-0.2, 0) is 45.3 Å². The maximum Gasteiger partial charge on any atom is 0.189 e. The molecule has 0 heterocycles. The van der Waals surface area contributed by atoms with Crippen molar-refractivity contribution in [2.75, 3.05) is 0 Å². The summed E-state index contributed by atoms with van der Waals surface area (Å²) >= 11 is 0. The van der Waals surface area contributed by atoms with Gasteiger partial charge in [0.25, 0.3) is 0 Å². The van der Waals surface area contributed by atoms with Crippen LogP contribution in [0.3, 0.4) is 0 Å². The van der Waals surface area contributed by atoms with Gasteiger partial charge in [-0.3, -0.25) is 9.59 Å². The molecule has 0 aliphatic heterocycles. The van der Waals surface area contributed by atoms with Gasteiger partial charge >= 0.3 is 0 Å². The minimum absolute atomic E-state index is 0. The standard InChI is InChI=1S/2C8H12O5.Ni/c2*1-3-8(4-2,7(12)13)5(9)6(10)11;/h2*3-4H2,1-2H3,(H,10,11)(H,12,13);/p-4. The molecule has 0 amide bonds. The number of ketones is 2. The number of hydrogen-bond acceptors (Lipinski definition) is 10. The van der Waals surface area contributed by atoms with E-state index in [1.807, 2.05) is 0 Å². The monoisotopic (exact) mass is 430 g/mol. The van der Waals surface area contributed by atoms with Gasteiger partial charge in [0.2, 0.25) is 0 Å². The molecule has 0 radical (unpaired) electrons. The number of carboxylic acid groups (broad SMARTS) is 4. The van der Waals surface area contributed by atoms with Crippen LogP contribution in [0, 0.1) is 10.8 Å². The molecule has 0 unspecified atom stereocenters. The van der Waals surface area contributed by atoms with Crippen LogP contribution in [0.5, 0.6) is 0 Å². The predicted octanol–water partition coefficient (Wildman–Crippen LogP) is -4.28. The van der Waals surface area contributed by atoms with Crippen molar-refractivity contribution in [3.8, 4) is 0 Å². The third-order valence-corrected chi connectivity index (χ3v) is 4.44. The van der Waals surface area contributed by atoms with E-state index in [0.717, 1.165) is 0 Å².